The Bertz CT molecular complexity index is 1320. The summed E-state index contributed by atoms with van der Waals surface area (Å²) in [4.78, 5) is 18.3. The smallest absolute Gasteiger partial charge is 0.423 e. The highest BCUT2D eigenvalue weighted by atomic mass is 16.4. The Hall–Kier alpha value is -4.20. The van der Waals surface area contributed by atoms with Gasteiger partial charge in [-0.15, -0.1) is 0 Å². The molecule has 0 aliphatic heterocycles. The average molecular weight is 430 g/mol. The molecule has 0 saturated heterocycles. The van der Waals surface area contributed by atoms with Gasteiger partial charge in [0.1, 0.15) is 0 Å². The van der Waals surface area contributed by atoms with E-state index in [1.54, 1.807) is 30.6 Å². The molecule has 2 aromatic heterocycles. The molecule has 33 heavy (non-hydrogen) atoms. The van der Waals surface area contributed by atoms with Crippen LogP contribution in [0.4, 0.5) is 0 Å². The van der Waals surface area contributed by atoms with Gasteiger partial charge >= 0.3 is 7.12 Å². The third-order valence-corrected chi connectivity index (χ3v) is 5.25. The minimum Gasteiger partial charge on any atom is -0.423 e. The van der Waals surface area contributed by atoms with E-state index >= 15 is 0 Å². The number of benzene rings is 3. The zero-order valence-electron chi connectivity index (χ0n) is 17.6. The molecule has 2 N–H and O–H groups in total. The number of rotatable bonds is 5. The van der Waals surface area contributed by atoms with Gasteiger partial charge in [0.2, 0.25) is 0 Å². The van der Waals surface area contributed by atoms with Crippen LogP contribution in [0.15, 0.2) is 103 Å². The number of pyridine rings is 1. The molecule has 0 amide bonds. The van der Waals surface area contributed by atoms with Crippen LogP contribution in [-0.2, 0) is 0 Å². The topological polar surface area (TPSA) is 92.0 Å². The number of nitrogens with zero attached hydrogens (tertiary/aromatic N) is 4. The fraction of sp³-hybridized carbons (Fsp3) is 0. The Kier molecular flexibility index (Phi) is 5.72. The third kappa shape index (κ3) is 4.55. The highest BCUT2D eigenvalue weighted by Crippen LogP contribution is 2.26. The van der Waals surface area contributed by atoms with Crippen molar-refractivity contribution in [2.24, 2.45) is 0 Å². The van der Waals surface area contributed by atoms with Crippen LogP contribution in [-0.4, -0.2) is 37.1 Å². The summed E-state index contributed by atoms with van der Waals surface area (Å²) in [5.41, 5.74) is 4.86. The van der Waals surface area contributed by atoms with Gasteiger partial charge in [-0.3, -0.25) is 4.98 Å². The van der Waals surface area contributed by atoms with Gasteiger partial charge in [0.15, 0.2) is 17.5 Å². The molecule has 0 aliphatic carbocycles. The van der Waals surface area contributed by atoms with E-state index < -0.39 is 7.12 Å². The molecule has 158 valence electrons. The van der Waals surface area contributed by atoms with E-state index in [4.69, 9.17) is 9.97 Å². The summed E-state index contributed by atoms with van der Waals surface area (Å²) < 4.78 is 0. The van der Waals surface area contributed by atoms with Crippen LogP contribution in [0.1, 0.15) is 0 Å². The van der Waals surface area contributed by atoms with Gasteiger partial charge in [-0.2, -0.15) is 0 Å². The van der Waals surface area contributed by atoms with Crippen LogP contribution in [0.3, 0.4) is 0 Å². The molecule has 5 rings (SSSR count). The zero-order chi connectivity index (χ0) is 22.6. The Morgan fingerprint density at radius 2 is 1.09 bits per heavy atom. The monoisotopic (exact) mass is 430 g/mol. The molecule has 0 bridgehead atoms. The largest absolute Gasteiger partial charge is 0.488 e. The molecule has 0 aliphatic rings. The van der Waals surface area contributed by atoms with E-state index in [0.717, 1.165) is 27.8 Å². The van der Waals surface area contributed by atoms with Crippen molar-refractivity contribution in [3.05, 3.63) is 103 Å². The molecule has 3 aromatic carbocycles. The molecule has 0 spiro atoms. The van der Waals surface area contributed by atoms with Gasteiger partial charge in [-0.05, 0) is 28.7 Å². The standard InChI is InChI=1S/C26H19BN4O2/c32-27(33)23-10-4-8-21(16-23)18-11-13-20(14-12-18)25-29-24(19-6-2-1-3-7-19)30-26(31-25)22-9-5-15-28-17-22/h1-17,32-33H. The summed E-state index contributed by atoms with van der Waals surface area (Å²) in [5.74, 6) is 1.71. The normalized spacial score (nSPS) is 10.7. The SMILES string of the molecule is OB(O)c1cccc(-c2ccc(-c3nc(-c4ccccc4)nc(-c4cccnc4)n3)cc2)c1. The Morgan fingerprint density at radius 3 is 1.73 bits per heavy atom. The summed E-state index contributed by atoms with van der Waals surface area (Å²) in [6.07, 6.45) is 3.45. The lowest BCUT2D eigenvalue weighted by atomic mass is 9.79. The van der Waals surface area contributed by atoms with Crippen LogP contribution in [0, 0.1) is 0 Å². The Balaban J connectivity index is 1.56. The molecule has 0 unspecified atom stereocenters. The quantitative estimate of drug-likeness (QED) is 0.414. The van der Waals surface area contributed by atoms with Crippen molar-refractivity contribution in [3.63, 3.8) is 0 Å². The van der Waals surface area contributed by atoms with Crippen molar-refractivity contribution in [1.29, 1.82) is 0 Å². The average Bonchev–Trinajstić information content (AvgIpc) is 2.89. The first-order valence-corrected chi connectivity index (χ1v) is 10.5. The third-order valence-electron chi connectivity index (χ3n) is 5.25. The maximum absolute atomic E-state index is 9.46. The van der Waals surface area contributed by atoms with E-state index in [2.05, 4.69) is 9.97 Å². The Morgan fingerprint density at radius 1 is 0.515 bits per heavy atom. The van der Waals surface area contributed by atoms with E-state index in [-0.39, 0.29) is 0 Å². The number of hydrogen-bond donors (Lipinski definition) is 2. The molecule has 0 saturated carbocycles. The molecule has 2 heterocycles. The van der Waals surface area contributed by atoms with Crippen LogP contribution >= 0.6 is 0 Å². The second kappa shape index (κ2) is 9.12. The van der Waals surface area contributed by atoms with Crippen LogP contribution in [0.2, 0.25) is 0 Å². The van der Waals surface area contributed by atoms with E-state index in [9.17, 15) is 10.0 Å². The molecule has 5 aromatic rings. The first-order valence-electron chi connectivity index (χ1n) is 10.5. The number of hydrogen-bond acceptors (Lipinski definition) is 6. The first-order chi connectivity index (χ1) is 16.2. The summed E-state index contributed by atoms with van der Waals surface area (Å²) in [7, 11) is -1.50. The van der Waals surface area contributed by atoms with Crippen molar-refractivity contribution >= 4 is 12.6 Å². The molecule has 0 atom stereocenters. The highest BCUT2D eigenvalue weighted by molar-refractivity contribution is 6.58. The lowest BCUT2D eigenvalue weighted by Gasteiger charge is -2.09. The lowest BCUT2D eigenvalue weighted by molar-refractivity contribution is 0.426. The predicted octanol–water partition coefficient (Wildman–Crippen LogP) is 3.61. The maximum Gasteiger partial charge on any atom is 0.488 e. The maximum atomic E-state index is 9.46. The second-order valence-electron chi connectivity index (χ2n) is 7.49. The molecular formula is C26H19BN4O2. The predicted molar refractivity (Wildman–Crippen MR) is 129 cm³/mol. The molecule has 7 heteroatoms. The van der Waals surface area contributed by atoms with Crippen LogP contribution < -0.4 is 5.46 Å². The Labute approximate surface area is 191 Å². The van der Waals surface area contributed by atoms with E-state index in [0.29, 0.717) is 22.9 Å². The van der Waals surface area contributed by atoms with Gasteiger partial charge in [0, 0.05) is 29.1 Å². The van der Waals surface area contributed by atoms with Gasteiger partial charge in [-0.1, -0.05) is 78.9 Å². The minimum absolute atomic E-state index is 0.447. The summed E-state index contributed by atoms with van der Waals surface area (Å²) >= 11 is 0. The summed E-state index contributed by atoms with van der Waals surface area (Å²) in [6, 6.07) is 28.6. The molecule has 6 nitrogen and oxygen atoms in total. The van der Waals surface area contributed by atoms with Gasteiger partial charge in [0.25, 0.3) is 0 Å². The van der Waals surface area contributed by atoms with Crippen LogP contribution in [0.5, 0.6) is 0 Å². The van der Waals surface area contributed by atoms with Gasteiger partial charge in [-0.25, -0.2) is 15.0 Å². The van der Waals surface area contributed by atoms with Crippen molar-refractivity contribution in [2.45, 2.75) is 0 Å². The summed E-state index contributed by atoms with van der Waals surface area (Å²) in [6.45, 7) is 0. The number of aromatic nitrogens is 4. The molecule has 0 radical (unpaired) electrons. The van der Waals surface area contributed by atoms with Crippen molar-refractivity contribution in [2.75, 3.05) is 0 Å². The van der Waals surface area contributed by atoms with Gasteiger partial charge < -0.3 is 10.0 Å². The van der Waals surface area contributed by atoms with Crippen molar-refractivity contribution in [1.82, 2.24) is 19.9 Å². The highest BCUT2D eigenvalue weighted by Gasteiger charge is 2.14. The van der Waals surface area contributed by atoms with Gasteiger partial charge in [0.05, 0.1) is 0 Å². The van der Waals surface area contributed by atoms with Crippen molar-refractivity contribution in [3.8, 4) is 45.3 Å². The fourth-order valence-corrected chi connectivity index (χ4v) is 3.54. The molecular weight excluding hydrogens is 411 g/mol. The zero-order valence-corrected chi connectivity index (χ0v) is 17.6. The minimum atomic E-state index is -1.50. The lowest BCUT2D eigenvalue weighted by Crippen LogP contribution is -2.29. The first kappa shape index (κ1) is 20.7. The van der Waals surface area contributed by atoms with E-state index in [1.807, 2.05) is 72.8 Å². The van der Waals surface area contributed by atoms with Crippen LogP contribution in [0.25, 0.3) is 45.3 Å². The summed E-state index contributed by atoms with van der Waals surface area (Å²) in [5, 5.41) is 18.9. The molecule has 0 fully saturated rings. The fourth-order valence-electron chi connectivity index (χ4n) is 3.54. The second-order valence-corrected chi connectivity index (χ2v) is 7.49. The van der Waals surface area contributed by atoms with Crippen molar-refractivity contribution < 1.29 is 10.0 Å². The van der Waals surface area contributed by atoms with E-state index in [1.165, 1.54) is 0 Å².